The van der Waals surface area contributed by atoms with Crippen molar-refractivity contribution in [3.05, 3.63) is 23.8 Å². The summed E-state index contributed by atoms with van der Waals surface area (Å²) >= 11 is 0. The molecule has 1 fully saturated rings. The second kappa shape index (κ2) is 4.36. The molecule has 0 aromatic heterocycles. The molecule has 1 saturated heterocycles. The Morgan fingerprint density at radius 3 is 2.75 bits per heavy atom. The SMILES string of the molecule is c1cc2c(c(N3CCCCC3)c1)NCCC2. The Kier molecular flexibility index (Phi) is 2.73. The summed E-state index contributed by atoms with van der Waals surface area (Å²) in [4.78, 5) is 2.56. The second-order valence-corrected chi connectivity index (χ2v) is 4.89. The van der Waals surface area contributed by atoms with Crippen LogP contribution in [0.5, 0.6) is 0 Å². The molecule has 1 aromatic carbocycles. The number of piperidine rings is 1. The van der Waals surface area contributed by atoms with E-state index in [1.165, 1.54) is 62.1 Å². The standard InChI is InChI=1S/C14H20N2/c1-2-10-16(11-3-1)13-8-4-6-12-7-5-9-15-14(12)13/h4,6,8,15H,1-3,5,7,9-11H2. The van der Waals surface area contributed by atoms with Gasteiger partial charge in [0.15, 0.2) is 0 Å². The summed E-state index contributed by atoms with van der Waals surface area (Å²) < 4.78 is 0. The van der Waals surface area contributed by atoms with Crippen molar-refractivity contribution in [1.29, 1.82) is 0 Å². The lowest BCUT2D eigenvalue weighted by Gasteiger charge is -2.32. The zero-order chi connectivity index (χ0) is 10.8. The number of aryl methyl sites for hydroxylation is 1. The lowest BCUT2D eigenvalue weighted by atomic mass is 10.0. The Morgan fingerprint density at radius 2 is 1.88 bits per heavy atom. The highest BCUT2D eigenvalue weighted by Crippen LogP contribution is 2.34. The largest absolute Gasteiger partial charge is 0.383 e. The highest BCUT2D eigenvalue weighted by Gasteiger charge is 2.18. The number of para-hydroxylation sites is 1. The Bertz CT molecular complexity index is 367. The van der Waals surface area contributed by atoms with Gasteiger partial charge in [-0.3, -0.25) is 0 Å². The lowest BCUT2D eigenvalue weighted by molar-refractivity contribution is 0.577. The van der Waals surface area contributed by atoms with E-state index in [0.717, 1.165) is 6.54 Å². The summed E-state index contributed by atoms with van der Waals surface area (Å²) in [5, 5.41) is 3.59. The normalized spacial score (nSPS) is 20.1. The summed E-state index contributed by atoms with van der Waals surface area (Å²) in [6, 6.07) is 6.77. The lowest BCUT2D eigenvalue weighted by Crippen LogP contribution is -2.30. The Labute approximate surface area is 97.6 Å². The minimum atomic E-state index is 1.14. The van der Waals surface area contributed by atoms with Gasteiger partial charge in [0.2, 0.25) is 0 Å². The van der Waals surface area contributed by atoms with Gasteiger partial charge in [-0.2, -0.15) is 0 Å². The first kappa shape index (κ1) is 10.0. The maximum Gasteiger partial charge on any atom is 0.0610 e. The molecular formula is C14H20N2. The quantitative estimate of drug-likeness (QED) is 0.776. The third kappa shape index (κ3) is 1.77. The first-order chi connectivity index (χ1) is 7.95. The first-order valence-electron chi connectivity index (χ1n) is 6.56. The summed E-state index contributed by atoms with van der Waals surface area (Å²) in [6.45, 7) is 3.61. The summed E-state index contributed by atoms with van der Waals surface area (Å²) in [7, 11) is 0. The molecule has 2 aliphatic rings. The number of rotatable bonds is 1. The molecule has 0 unspecified atom stereocenters. The van der Waals surface area contributed by atoms with Gasteiger partial charge >= 0.3 is 0 Å². The molecule has 2 heterocycles. The van der Waals surface area contributed by atoms with Gasteiger partial charge in [0, 0.05) is 19.6 Å². The van der Waals surface area contributed by atoms with E-state index in [4.69, 9.17) is 0 Å². The fourth-order valence-corrected chi connectivity index (χ4v) is 2.89. The number of hydrogen-bond donors (Lipinski definition) is 1. The van der Waals surface area contributed by atoms with Gasteiger partial charge in [0.05, 0.1) is 11.4 Å². The average Bonchev–Trinajstić information content (AvgIpc) is 2.39. The molecule has 0 bridgehead atoms. The molecular weight excluding hydrogens is 196 g/mol. The molecule has 0 amide bonds. The Balaban J connectivity index is 1.93. The van der Waals surface area contributed by atoms with Crippen molar-refractivity contribution in [2.24, 2.45) is 0 Å². The van der Waals surface area contributed by atoms with E-state index in [9.17, 15) is 0 Å². The van der Waals surface area contributed by atoms with Crippen molar-refractivity contribution in [2.45, 2.75) is 32.1 Å². The predicted octanol–water partition coefficient (Wildman–Crippen LogP) is 3.04. The van der Waals surface area contributed by atoms with Crippen molar-refractivity contribution in [1.82, 2.24) is 0 Å². The average molecular weight is 216 g/mol. The summed E-state index contributed by atoms with van der Waals surface area (Å²) in [5.41, 5.74) is 4.36. The molecule has 2 heteroatoms. The van der Waals surface area contributed by atoms with Crippen molar-refractivity contribution in [3.8, 4) is 0 Å². The fourth-order valence-electron chi connectivity index (χ4n) is 2.89. The van der Waals surface area contributed by atoms with Crippen LogP contribution in [0.1, 0.15) is 31.2 Å². The van der Waals surface area contributed by atoms with Crippen LogP contribution in [0.4, 0.5) is 11.4 Å². The molecule has 0 atom stereocenters. The van der Waals surface area contributed by atoms with Crippen LogP contribution in [-0.4, -0.2) is 19.6 Å². The second-order valence-electron chi connectivity index (χ2n) is 4.89. The maximum atomic E-state index is 3.59. The van der Waals surface area contributed by atoms with E-state index in [1.54, 1.807) is 0 Å². The van der Waals surface area contributed by atoms with Crippen LogP contribution in [0, 0.1) is 0 Å². The molecule has 0 aliphatic carbocycles. The molecule has 2 nitrogen and oxygen atoms in total. The zero-order valence-electron chi connectivity index (χ0n) is 9.84. The predicted molar refractivity (Wildman–Crippen MR) is 69.3 cm³/mol. The van der Waals surface area contributed by atoms with Crippen LogP contribution in [0.3, 0.4) is 0 Å². The molecule has 3 rings (SSSR count). The number of fused-ring (bicyclic) bond motifs is 1. The highest BCUT2D eigenvalue weighted by molar-refractivity contribution is 5.74. The van der Waals surface area contributed by atoms with E-state index < -0.39 is 0 Å². The van der Waals surface area contributed by atoms with Crippen LogP contribution in [0.2, 0.25) is 0 Å². The Morgan fingerprint density at radius 1 is 1.00 bits per heavy atom. The maximum absolute atomic E-state index is 3.59. The minimum absolute atomic E-state index is 1.14. The van der Waals surface area contributed by atoms with Crippen LogP contribution < -0.4 is 10.2 Å². The van der Waals surface area contributed by atoms with Gasteiger partial charge in [0.1, 0.15) is 0 Å². The summed E-state index contributed by atoms with van der Waals surface area (Å²) in [6.07, 6.45) is 6.62. The van der Waals surface area contributed by atoms with E-state index in [1.807, 2.05) is 0 Å². The van der Waals surface area contributed by atoms with Crippen LogP contribution in [-0.2, 0) is 6.42 Å². The van der Waals surface area contributed by atoms with E-state index in [0.29, 0.717) is 0 Å². The molecule has 0 saturated carbocycles. The van der Waals surface area contributed by atoms with Gasteiger partial charge < -0.3 is 10.2 Å². The third-order valence-electron chi connectivity index (χ3n) is 3.75. The van der Waals surface area contributed by atoms with Crippen molar-refractivity contribution in [2.75, 3.05) is 29.9 Å². The van der Waals surface area contributed by atoms with Gasteiger partial charge in [-0.1, -0.05) is 12.1 Å². The molecule has 1 aromatic rings. The number of nitrogens with zero attached hydrogens (tertiary/aromatic N) is 1. The van der Waals surface area contributed by atoms with E-state index in [2.05, 4.69) is 28.4 Å². The van der Waals surface area contributed by atoms with Gasteiger partial charge in [-0.05, 0) is 43.7 Å². The number of nitrogens with one attached hydrogen (secondary N) is 1. The van der Waals surface area contributed by atoms with Gasteiger partial charge in [-0.15, -0.1) is 0 Å². The van der Waals surface area contributed by atoms with E-state index >= 15 is 0 Å². The van der Waals surface area contributed by atoms with Crippen molar-refractivity contribution >= 4 is 11.4 Å². The molecule has 1 N–H and O–H groups in total. The third-order valence-corrected chi connectivity index (χ3v) is 3.75. The monoisotopic (exact) mass is 216 g/mol. The van der Waals surface area contributed by atoms with E-state index in [-0.39, 0.29) is 0 Å². The first-order valence-corrected chi connectivity index (χ1v) is 6.56. The molecule has 2 aliphatic heterocycles. The number of hydrogen-bond acceptors (Lipinski definition) is 2. The smallest absolute Gasteiger partial charge is 0.0610 e. The molecule has 86 valence electrons. The van der Waals surface area contributed by atoms with Gasteiger partial charge in [-0.25, -0.2) is 0 Å². The summed E-state index contributed by atoms with van der Waals surface area (Å²) in [5.74, 6) is 0. The zero-order valence-corrected chi connectivity index (χ0v) is 9.84. The van der Waals surface area contributed by atoms with Gasteiger partial charge in [0.25, 0.3) is 0 Å². The number of anilines is 2. The topological polar surface area (TPSA) is 15.3 Å². The molecule has 0 spiro atoms. The highest BCUT2D eigenvalue weighted by atomic mass is 15.1. The minimum Gasteiger partial charge on any atom is -0.383 e. The number of benzene rings is 1. The Hall–Kier alpha value is -1.18. The van der Waals surface area contributed by atoms with Crippen molar-refractivity contribution in [3.63, 3.8) is 0 Å². The van der Waals surface area contributed by atoms with Crippen LogP contribution in [0.25, 0.3) is 0 Å². The molecule has 0 radical (unpaired) electrons. The van der Waals surface area contributed by atoms with Crippen LogP contribution >= 0.6 is 0 Å². The van der Waals surface area contributed by atoms with Crippen molar-refractivity contribution < 1.29 is 0 Å². The van der Waals surface area contributed by atoms with Crippen LogP contribution in [0.15, 0.2) is 18.2 Å². The fraction of sp³-hybridized carbons (Fsp3) is 0.571. The molecule has 16 heavy (non-hydrogen) atoms.